The maximum atomic E-state index is 3.71. The summed E-state index contributed by atoms with van der Waals surface area (Å²) in [5.74, 6) is 0. The van der Waals surface area contributed by atoms with Crippen molar-refractivity contribution in [2.75, 3.05) is 13.1 Å². The minimum atomic E-state index is 0.594. The number of hydrogen-bond donors (Lipinski definition) is 1. The minimum Gasteiger partial charge on any atom is -0.313 e. The van der Waals surface area contributed by atoms with Crippen molar-refractivity contribution < 1.29 is 0 Å². The lowest BCUT2D eigenvalue weighted by Gasteiger charge is -2.34. The SMILES string of the molecule is Cc1ccsc1C(C)N(CC1CCCCN1)C1CC1. The summed E-state index contributed by atoms with van der Waals surface area (Å²) in [4.78, 5) is 4.34. The monoisotopic (exact) mass is 278 g/mol. The van der Waals surface area contributed by atoms with E-state index in [1.165, 1.54) is 50.8 Å². The Balaban J connectivity index is 1.68. The number of thiophene rings is 1. The summed E-state index contributed by atoms with van der Waals surface area (Å²) in [6.07, 6.45) is 6.93. The Morgan fingerprint density at radius 3 is 2.79 bits per heavy atom. The Morgan fingerprint density at radius 1 is 1.37 bits per heavy atom. The molecule has 19 heavy (non-hydrogen) atoms. The van der Waals surface area contributed by atoms with Gasteiger partial charge in [0.15, 0.2) is 0 Å². The van der Waals surface area contributed by atoms with Gasteiger partial charge < -0.3 is 5.32 Å². The Labute approximate surface area is 121 Å². The fraction of sp³-hybridized carbons (Fsp3) is 0.750. The first-order chi connectivity index (χ1) is 9.25. The van der Waals surface area contributed by atoms with Crippen LogP contribution < -0.4 is 5.32 Å². The van der Waals surface area contributed by atoms with Crippen LogP contribution in [-0.4, -0.2) is 30.1 Å². The summed E-state index contributed by atoms with van der Waals surface area (Å²) >= 11 is 1.93. The van der Waals surface area contributed by atoms with Crippen LogP contribution in [-0.2, 0) is 0 Å². The smallest absolute Gasteiger partial charge is 0.0419 e. The molecule has 1 saturated carbocycles. The van der Waals surface area contributed by atoms with Gasteiger partial charge in [-0.1, -0.05) is 6.42 Å². The molecule has 0 spiro atoms. The highest BCUT2D eigenvalue weighted by molar-refractivity contribution is 7.10. The van der Waals surface area contributed by atoms with E-state index >= 15 is 0 Å². The van der Waals surface area contributed by atoms with E-state index in [0.29, 0.717) is 6.04 Å². The normalized spacial score (nSPS) is 25.7. The van der Waals surface area contributed by atoms with Gasteiger partial charge in [-0.2, -0.15) is 0 Å². The van der Waals surface area contributed by atoms with Crippen molar-refractivity contribution in [3.8, 4) is 0 Å². The molecule has 2 unspecified atom stereocenters. The average Bonchev–Trinajstić information content (AvgIpc) is 3.18. The number of hydrogen-bond acceptors (Lipinski definition) is 3. The third kappa shape index (κ3) is 3.21. The van der Waals surface area contributed by atoms with Gasteiger partial charge in [0, 0.05) is 29.5 Å². The topological polar surface area (TPSA) is 15.3 Å². The predicted octanol–water partition coefficient (Wildman–Crippen LogP) is 3.72. The van der Waals surface area contributed by atoms with Crippen LogP contribution in [0, 0.1) is 6.92 Å². The van der Waals surface area contributed by atoms with E-state index in [-0.39, 0.29) is 0 Å². The first-order valence-corrected chi connectivity index (χ1v) is 8.67. The summed E-state index contributed by atoms with van der Waals surface area (Å²) in [5, 5.41) is 5.95. The van der Waals surface area contributed by atoms with E-state index in [0.717, 1.165) is 12.1 Å². The van der Waals surface area contributed by atoms with Crippen LogP contribution in [0.2, 0.25) is 0 Å². The third-order valence-corrected chi connectivity index (χ3v) is 5.83. The molecular formula is C16H26N2S. The number of nitrogens with one attached hydrogen (secondary N) is 1. The first kappa shape index (κ1) is 13.6. The summed E-state index contributed by atoms with van der Waals surface area (Å²) in [6, 6.07) is 4.42. The zero-order valence-corrected chi connectivity index (χ0v) is 13.0. The lowest BCUT2D eigenvalue weighted by molar-refractivity contribution is 0.168. The quantitative estimate of drug-likeness (QED) is 0.883. The molecule has 1 aromatic rings. The predicted molar refractivity (Wildman–Crippen MR) is 82.8 cm³/mol. The molecule has 3 heteroatoms. The van der Waals surface area contributed by atoms with Crippen LogP contribution in [0.25, 0.3) is 0 Å². The molecule has 2 fully saturated rings. The second kappa shape index (κ2) is 5.94. The summed E-state index contributed by atoms with van der Waals surface area (Å²) in [5.41, 5.74) is 1.47. The zero-order chi connectivity index (χ0) is 13.2. The lowest BCUT2D eigenvalue weighted by atomic mass is 10.0. The van der Waals surface area contributed by atoms with Gasteiger partial charge >= 0.3 is 0 Å². The molecule has 0 amide bonds. The maximum absolute atomic E-state index is 3.71. The van der Waals surface area contributed by atoms with Crippen molar-refractivity contribution in [1.29, 1.82) is 0 Å². The van der Waals surface area contributed by atoms with E-state index in [1.807, 2.05) is 11.3 Å². The van der Waals surface area contributed by atoms with E-state index in [2.05, 4.69) is 35.5 Å². The number of nitrogens with zero attached hydrogens (tertiary/aromatic N) is 1. The Hall–Kier alpha value is -0.380. The van der Waals surface area contributed by atoms with Crippen LogP contribution >= 0.6 is 11.3 Å². The number of aryl methyl sites for hydroxylation is 1. The van der Waals surface area contributed by atoms with Crippen LogP contribution in [0.3, 0.4) is 0 Å². The minimum absolute atomic E-state index is 0.594. The standard InChI is InChI=1S/C16H26N2S/c1-12-8-10-19-16(12)13(2)18(15-6-7-15)11-14-5-3-4-9-17-14/h8,10,13-15,17H,3-7,9,11H2,1-2H3. The molecular weight excluding hydrogens is 252 g/mol. The van der Waals surface area contributed by atoms with Gasteiger partial charge in [0.05, 0.1) is 0 Å². The van der Waals surface area contributed by atoms with Gasteiger partial charge in [-0.25, -0.2) is 0 Å². The average molecular weight is 278 g/mol. The fourth-order valence-electron chi connectivity index (χ4n) is 3.33. The van der Waals surface area contributed by atoms with Gasteiger partial charge in [0.1, 0.15) is 0 Å². The lowest BCUT2D eigenvalue weighted by Crippen LogP contribution is -2.45. The highest BCUT2D eigenvalue weighted by Gasteiger charge is 2.35. The zero-order valence-electron chi connectivity index (χ0n) is 12.2. The summed E-state index contributed by atoms with van der Waals surface area (Å²) in [6.45, 7) is 7.12. The van der Waals surface area contributed by atoms with Gasteiger partial charge in [-0.05, 0) is 63.1 Å². The van der Waals surface area contributed by atoms with Gasteiger partial charge in [-0.3, -0.25) is 4.90 Å². The van der Waals surface area contributed by atoms with Crippen molar-refractivity contribution >= 4 is 11.3 Å². The molecule has 1 aromatic heterocycles. The molecule has 0 radical (unpaired) electrons. The molecule has 1 N–H and O–H groups in total. The van der Waals surface area contributed by atoms with Gasteiger partial charge in [0.2, 0.25) is 0 Å². The van der Waals surface area contributed by atoms with E-state index in [1.54, 1.807) is 4.88 Å². The molecule has 1 aliphatic heterocycles. The van der Waals surface area contributed by atoms with Crippen LogP contribution in [0.15, 0.2) is 11.4 Å². The molecule has 1 aliphatic carbocycles. The summed E-state index contributed by atoms with van der Waals surface area (Å²) < 4.78 is 0. The molecule has 2 atom stereocenters. The Kier molecular flexibility index (Phi) is 4.25. The van der Waals surface area contributed by atoms with Gasteiger partial charge in [0.25, 0.3) is 0 Å². The fourth-order valence-corrected chi connectivity index (χ4v) is 4.33. The number of rotatable bonds is 5. The van der Waals surface area contributed by atoms with E-state index in [9.17, 15) is 0 Å². The summed E-state index contributed by atoms with van der Waals surface area (Å²) in [7, 11) is 0. The van der Waals surface area contributed by atoms with E-state index < -0.39 is 0 Å². The molecule has 2 nitrogen and oxygen atoms in total. The first-order valence-electron chi connectivity index (χ1n) is 7.79. The molecule has 3 rings (SSSR count). The number of piperidine rings is 1. The molecule has 1 saturated heterocycles. The van der Waals surface area contributed by atoms with E-state index in [4.69, 9.17) is 0 Å². The van der Waals surface area contributed by atoms with Crippen LogP contribution in [0.5, 0.6) is 0 Å². The Morgan fingerprint density at radius 2 is 2.21 bits per heavy atom. The Bertz CT molecular complexity index is 405. The molecule has 0 aromatic carbocycles. The molecule has 0 bridgehead atoms. The van der Waals surface area contributed by atoms with Crippen molar-refractivity contribution in [3.05, 3.63) is 21.9 Å². The van der Waals surface area contributed by atoms with Crippen molar-refractivity contribution in [2.24, 2.45) is 0 Å². The largest absolute Gasteiger partial charge is 0.313 e. The van der Waals surface area contributed by atoms with Crippen molar-refractivity contribution in [3.63, 3.8) is 0 Å². The van der Waals surface area contributed by atoms with Gasteiger partial charge in [-0.15, -0.1) is 11.3 Å². The molecule has 106 valence electrons. The maximum Gasteiger partial charge on any atom is 0.0419 e. The highest BCUT2D eigenvalue weighted by Crippen LogP contribution is 2.37. The molecule has 2 heterocycles. The van der Waals surface area contributed by atoms with Crippen LogP contribution in [0.4, 0.5) is 0 Å². The van der Waals surface area contributed by atoms with Crippen molar-refractivity contribution in [2.45, 2.75) is 64.1 Å². The van der Waals surface area contributed by atoms with Crippen molar-refractivity contribution in [1.82, 2.24) is 10.2 Å². The third-order valence-electron chi connectivity index (χ3n) is 4.64. The second-order valence-corrected chi connectivity index (χ2v) is 7.17. The molecule has 2 aliphatic rings. The second-order valence-electron chi connectivity index (χ2n) is 6.22. The van der Waals surface area contributed by atoms with Crippen LogP contribution in [0.1, 0.15) is 55.5 Å². The highest BCUT2D eigenvalue weighted by atomic mass is 32.1.